The van der Waals surface area contributed by atoms with Crippen molar-refractivity contribution in [2.75, 3.05) is 7.05 Å². The van der Waals surface area contributed by atoms with E-state index in [1.807, 2.05) is 29.6 Å². The lowest BCUT2D eigenvalue weighted by molar-refractivity contribution is 0.0936. The minimum atomic E-state index is -0.0496. The maximum Gasteiger partial charge on any atom is 0.268 e. The van der Waals surface area contributed by atoms with Crippen LogP contribution < -0.4 is 10.6 Å². The molecule has 3 heterocycles. The van der Waals surface area contributed by atoms with Crippen molar-refractivity contribution in [3.63, 3.8) is 0 Å². The Bertz CT molecular complexity index is 864. The Morgan fingerprint density at radius 2 is 2.05 bits per heavy atom. The average Bonchev–Trinajstić information content (AvgIpc) is 2.92. The van der Waals surface area contributed by atoms with Crippen molar-refractivity contribution in [1.29, 1.82) is 0 Å². The van der Waals surface area contributed by atoms with E-state index in [2.05, 4.69) is 34.9 Å². The molecule has 0 aliphatic carbocycles. The van der Waals surface area contributed by atoms with Crippen LogP contribution in [-0.2, 0) is 13.1 Å². The summed E-state index contributed by atoms with van der Waals surface area (Å²) in [6.07, 6.45) is 0. The van der Waals surface area contributed by atoms with Crippen LogP contribution in [0.2, 0.25) is 0 Å². The van der Waals surface area contributed by atoms with Crippen LogP contribution in [0.4, 0.5) is 0 Å². The summed E-state index contributed by atoms with van der Waals surface area (Å²) in [7, 11) is 1.93. The Labute approximate surface area is 128 Å². The van der Waals surface area contributed by atoms with Gasteiger partial charge in [-0.1, -0.05) is 30.3 Å². The predicted molar refractivity (Wildman–Crippen MR) is 84.6 cm³/mol. The third-order valence-corrected chi connectivity index (χ3v) is 4.00. The van der Waals surface area contributed by atoms with Crippen LogP contribution in [0.25, 0.3) is 16.9 Å². The van der Waals surface area contributed by atoms with Gasteiger partial charge in [0, 0.05) is 12.1 Å². The third-order valence-electron chi connectivity index (χ3n) is 4.00. The van der Waals surface area contributed by atoms with Crippen LogP contribution in [0.5, 0.6) is 0 Å². The zero-order valence-corrected chi connectivity index (χ0v) is 12.3. The van der Waals surface area contributed by atoms with Crippen LogP contribution in [-0.4, -0.2) is 22.3 Å². The summed E-state index contributed by atoms with van der Waals surface area (Å²) < 4.78 is 1.95. The summed E-state index contributed by atoms with van der Waals surface area (Å²) in [5, 5.41) is 6.06. The van der Waals surface area contributed by atoms with Crippen LogP contribution >= 0.6 is 0 Å². The summed E-state index contributed by atoms with van der Waals surface area (Å²) in [6.45, 7) is 1.35. The molecule has 1 aliphatic rings. The second kappa shape index (κ2) is 4.96. The van der Waals surface area contributed by atoms with Gasteiger partial charge in [0.05, 0.1) is 17.9 Å². The maximum absolute atomic E-state index is 12.0. The fraction of sp³-hybridized carbons (Fsp3) is 0.176. The Morgan fingerprint density at radius 1 is 1.23 bits per heavy atom. The summed E-state index contributed by atoms with van der Waals surface area (Å²) in [5.41, 5.74) is 5.73. The first-order valence-corrected chi connectivity index (χ1v) is 7.30. The van der Waals surface area contributed by atoms with E-state index in [0.29, 0.717) is 12.2 Å². The maximum atomic E-state index is 12.0. The molecule has 22 heavy (non-hydrogen) atoms. The van der Waals surface area contributed by atoms with Gasteiger partial charge >= 0.3 is 0 Å². The number of hydrogen-bond donors (Lipinski definition) is 2. The fourth-order valence-corrected chi connectivity index (χ4v) is 2.96. The molecule has 110 valence electrons. The van der Waals surface area contributed by atoms with E-state index in [4.69, 9.17) is 4.98 Å². The van der Waals surface area contributed by atoms with Gasteiger partial charge in [0.1, 0.15) is 11.3 Å². The highest BCUT2D eigenvalue weighted by molar-refractivity contribution is 5.95. The standard InChI is InChI=1S/C17H16N4O/c1-18-9-11-5-7-12(8-6-11)16-14-10-19-17(22)13-3-2-4-15(20-16)21(13)14/h2-8,18H,9-10H2,1H3,(H,19,22). The van der Waals surface area contributed by atoms with Gasteiger partial charge in [-0.3, -0.25) is 9.20 Å². The number of hydrogen-bond acceptors (Lipinski definition) is 3. The number of amides is 1. The van der Waals surface area contributed by atoms with Gasteiger partial charge in [-0.25, -0.2) is 4.98 Å². The van der Waals surface area contributed by atoms with Crippen molar-refractivity contribution in [3.8, 4) is 11.3 Å². The highest BCUT2D eigenvalue weighted by Crippen LogP contribution is 2.27. The Balaban J connectivity index is 1.88. The molecule has 0 spiro atoms. The smallest absolute Gasteiger partial charge is 0.268 e. The Hall–Kier alpha value is -2.66. The first-order valence-electron chi connectivity index (χ1n) is 7.30. The molecule has 1 aliphatic heterocycles. The highest BCUT2D eigenvalue weighted by Gasteiger charge is 2.23. The zero-order chi connectivity index (χ0) is 15.1. The van der Waals surface area contributed by atoms with Crippen LogP contribution in [0.1, 0.15) is 21.7 Å². The topological polar surface area (TPSA) is 58.4 Å². The molecular weight excluding hydrogens is 276 g/mol. The Morgan fingerprint density at radius 3 is 2.82 bits per heavy atom. The van der Waals surface area contributed by atoms with Crippen LogP contribution in [0.15, 0.2) is 42.5 Å². The average molecular weight is 292 g/mol. The summed E-state index contributed by atoms with van der Waals surface area (Å²) in [6, 6.07) is 14.0. The van der Waals surface area contributed by atoms with Crippen molar-refractivity contribution >= 4 is 11.6 Å². The summed E-state index contributed by atoms with van der Waals surface area (Å²) in [4.78, 5) is 16.7. The van der Waals surface area contributed by atoms with E-state index in [0.717, 1.165) is 29.1 Å². The van der Waals surface area contributed by atoms with E-state index in [-0.39, 0.29) is 5.91 Å². The number of nitrogens with one attached hydrogen (secondary N) is 2. The lowest BCUT2D eigenvalue weighted by Gasteiger charge is -2.16. The lowest BCUT2D eigenvalue weighted by Crippen LogP contribution is -2.30. The number of nitrogens with zero attached hydrogens (tertiary/aromatic N) is 2. The molecule has 2 N–H and O–H groups in total. The Kier molecular flexibility index (Phi) is 2.94. The summed E-state index contributed by atoms with van der Waals surface area (Å²) in [5.74, 6) is -0.0496. The second-order valence-corrected chi connectivity index (χ2v) is 5.42. The fourth-order valence-electron chi connectivity index (χ4n) is 2.96. The van der Waals surface area contributed by atoms with Crippen molar-refractivity contribution in [2.45, 2.75) is 13.1 Å². The number of aromatic nitrogens is 2. The minimum Gasteiger partial charge on any atom is -0.345 e. The molecule has 5 heteroatoms. The van der Waals surface area contributed by atoms with E-state index >= 15 is 0 Å². The van der Waals surface area contributed by atoms with Crippen LogP contribution in [0, 0.1) is 0 Å². The van der Waals surface area contributed by atoms with Gasteiger partial charge in [0.15, 0.2) is 0 Å². The third kappa shape index (κ3) is 1.90. The normalized spacial score (nSPS) is 13.4. The first-order chi connectivity index (χ1) is 10.8. The second-order valence-electron chi connectivity index (χ2n) is 5.42. The van der Waals surface area contributed by atoms with E-state index in [1.165, 1.54) is 5.56 Å². The number of carbonyl (C=O) groups is 1. The number of carbonyl (C=O) groups excluding carboxylic acids is 1. The highest BCUT2D eigenvalue weighted by atomic mass is 16.2. The molecule has 0 bridgehead atoms. The molecule has 0 unspecified atom stereocenters. The van der Waals surface area contributed by atoms with Crippen molar-refractivity contribution in [2.24, 2.45) is 0 Å². The summed E-state index contributed by atoms with van der Waals surface area (Å²) >= 11 is 0. The molecule has 5 nitrogen and oxygen atoms in total. The minimum absolute atomic E-state index is 0.0496. The van der Waals surface area contributed by atoms with Crippen LogP contribution in [0.3, 0.4) is 0 Å². The molecule has 1 aromatic carbocycles. The monoisotopic (exact) mass is 292 g/mol. The lowest BCUT2D eigenvalue weighted by atomic mass is 10.1. The number of benzene rings is 1. The van der Waals surface area contributed by atoms with Crippen molar-refractivity contribution in [1.82, 2.24) is 20.0 Å². The first kappa shape index (κ1) is 13.0. The van der Waals surface area contributed by atoms with Gasteiger partial charge in [0.2, 0.25) is 0 Å². The molecule has 0 saturated carbocycles. The van der Waals surface area contributed by atoms with Crippen molar-refractivity contribution < 1.29 is 4.79 Å². The zero-order valence-electron chi connectivity index (χ0n) is 12.3. The van der Waals surface area contributed by atoms with E-state index < -0.39 is 0 Å². The molecular formula is C17H16N4O. The number of rotatable bonds is 3. The van der Waals surface area contributed by atoms with E-state index in [9.17, 15) is 4.79 Å². The SMILES string of the molecule is CNCc1ccc(-c2nc3cccc4n3c2CNC4=O)cc1. The molecule has 1 amide bonds. The van der Waals surface area contributed by atoms with E-state index in [1.54, 1.807) is 0 Å². The molecule has 0 saturated heterocycles. The van der Waals surface area contributed by atoms with Gasteiger partial charge in [-0.2, -0.15) is 0 Å². The van der Waals surface area contributed by atoms with Gasteiger partial charge < -0.3 is 10.6 Å². The number of imidazole rings is 1. The van der Waals surface area contributed by atoms with Gasteiger partial charge in [-0.05, 0) is 24.7 Å². The number of pyridine rings is 1. The molecule has 4 rings (SSSR count). The van der Waals surface area contributed by atoms with Gasteiger partial charge in [0.25, 0.3) is 5.91 Å². The quantitative estimate of drug-likeness (QED) is 0.776. The molecule has 3 aromatic rings. The molecule has 0 radical (unpaired) electrons. The predicted octanol–water partition coefficient (Wildman–Crippen LogP) is 1.96. The molecule has 0 atom stereocenters. The van der Waals surface area contributed by atoms with Crippen molar-refractivity contribution in [3.05, 3.63) is 59.4 Å². The largest absolute Gasteiger partial charge is 0.345 e. The van der Waals surface area contributed by atoms with Gasteiger partial charge in [-0.15, -0.1) is 0 Å². The molecule has 0 fully saturated rings. The molecule has 2 aromatic heterocycles.